The maximum atomic E-state index is 10.4. The van der Waals surface area contributed by atoms with Crippen molar-refractivity contribution in [2.45, 2.75) is 19.9 Å². The molecule has 17 heavy (non-hydrogen) atoms. The van der Waals surface area contributed by atoms with Gasteiger partial charge in [0, 0.05) is 0 Å². The number of nitrogens with zero attached hydrogens (tertiary/aromatic N) is 1. The van der Waals surface area contributed by atoms with Crippen LogP contribution in [0, 0.1) is 4.91 Å². The third kappa shape index (κ3) is 6.03. The molecule has 0 unspecified atom stereocenters. The average molecular weight is 239 g/mol. The molecule has 1 rings (SSSR count). The van der Waals surface area contributed by atoms with E-state index in [1.807, 2.05) is 0 Å². The van der Waals surface area contributed by atoms with Crippen molar-refractivity contribution in [2.75, 3.05) is 0 Å². The van der Waals surface area contributed by atoms with Crippen molar-refractivity contribution in [1.82, 2.24) is 0 Å². The van der Waals surface area contributed by atoms with Crippen LogP contribution in [0.2, 0.25) is 0 Å². The molecule has 0 atom stereocenters. The molecule has 2 N–H and O–H groups in total. The Bertz CT molecular complexity index is 385. The van der Waals surface area contributed by atoms with Crippen LogP contribution in [0.5, 0.6) is 0 Å². The SMILES string of the molecule is CC(C)N=O.O=C(O)c1cccc(C(=O)O)c1. The first kappa shape index (κ1) is 14.8. The lowest BCUT2D eigenvalue weighted by Crippen LogP contribution is -2.01. The predicted octanol–water partition coefficient (Wildman–Crippen LogP) is 2.24. The Labute approximate surface area is 97.9 Å². The highest BCUT2D eigenvalue weighted by Gasteiger charge is 2.06. The third-order valence-electron chi connectivity index (χ3n) is 1.57. The van der Waals surface area contributed by atoms with Crippen LogP contribution >= 0.6 is 0 Å². The first-order chi connectivity index (χ1) is 7.88. The van der Waals surface area contributed by atoms with Crippen LogP contribution in [-0.2, 0) is 0 Å². The van der Waals surface area contributed by atoms with Crippen molar-refractivity contribution in [3.63, 3.8) is 0 Å². The zero-order chi connectivity index (χ0) is 13.4. The fraction of sp³-hybridized carbons (Fsp3) is 0.273. The first-order valence-corrected chi connectivity index (χ1v) is 4.77. The molecule has 0 spiro atoms. The van der Waals surface area contributed by atoms with Crippen molar-refractivity contribution in [3.05, 3.63) is 40.3 Å². The van der Waals surface area contributed by atoms with Crippen LogP contribution in [0.4, 0.5) is 0 Å². The van der Waals surface area contributed by atoms with Gasteiger partial charge in [-0.3, -0.25) is 0 Å². The van der Waals surface area contributed by atoms with Crippen LogP contribution in [-0.4, -0.2) is 28.2 Å². The zero-order valence-electron chi connectivity index (χ0n) is 9.45. The molecule has 1 aromatic carbocycles. The fourth-order valence-electron chi connectivity index (χ4n) is 0.785. The van der Waals surface area contributed by atoms with Gasteiger partial charge in [-0.1, -0.05) is 11.2 Å². The number of rotatable bonds is 3. The molecule has 6 heteroatoms. The molecule has 0 saturated carbocycles. The molecule has 0 aliphatic rings. The highest BCUT2D eigenvalue weighted by atomic mass is 16.4. The maximum absolute atomic E-state index is 10.4. The summed E-state index contributed by atoms with van der Waals surface area (Å²) in [6.07, 6.45) is 0. The lowest BCUT2D eigenvalue weighted by Gasteiger charge is -1.95. The summed E-state index contributed by atoms with van der Waals surface area (Å²) in [5.74, 6) is -2.25. The van der Waals surface area contributed by atoms with E-state index < -0.39 is 11.9 Å². The van der Waals surface area contributed by atoms with E-state index in [9.17, 15) is 14.5 Å². The quantitative estimate of drug-likeness (QED) is 0.787. The van der Waals surface area contributed by atoms with E-state index in [0.29, 0.717) is 0 Å². The molecular weight excluding hydrogens is 226 g/mol. The Morgan fingerprint density at radius 1 is 1.12 bits per heavy atom. The summed E-state index contributed by atoms with van der Waals surface area (Å²) < 4.78 is 0. The van der Waals surface area contributed by atoms with Crippen LogP contribution in [0.25, 0.3) is 0 Å². The van der Waals surface area contributed by atoms with Crippen molar-refractivity contribution >= 4 is 11.9 Å². The van der Waals surface area contributed by atoms with Crippen LogP contribution in [0.1, 0.15) is 34.6 Å². The van der Waals surface area contributed by atoms with E-state index in [2.05, 4.69) is 5.18 Å². The van der Waals surface area contributed by atoms with Gasteiger partial charge in [-0.15, -0.1) is 0 Å². The third-order valence-corrected chi connectivity index (χ3v) is 1.57. The largest absolute Gasteiger partial charge is 0.478 e. The van der Waals surface area contributed by atoms with Gasteiger partial charge in [0.05, 0.1) is 17.2 Å². The number of aromatic carboxylic acids is 2. The molecule has 0 aromatic heterocycles. The van der Waals surface area contributed by atoms with Gasteiger partial charge in [-0.05, 0) is 32.0 Å². The predicted molar refractivity (Wildman–Crippen MR) is 61.3 cm³/mol. The molecule has 92 valence electrons. The second-order valence-corrected chi connectivity index (χ2v) is 3.39. The van der Waals surface area contributed by atoms with Crippen LogP contribution in [0.15, 0.2) is 29.4 Å². The van der Waals surface area contributed by atoms with Gasteiger partial charge in [0.15, 0.2) is 0 Å². The molecule has 0 saturated heterocycles. The van der Waals surface area contributed by atoms with Gasteiger partial charge in [0.25, 0.3) is 0 Å². The summed E-state index contributed by atoms with van der Waals surface area (Å²) in [7, 11) is 0. The van der Waals surface area contributed by atoms with Crippen molar-refractivity contribution in [3.8, 4) is 0 Å². The standard InChI is InChI=1S/C8H6O4.C3H7NO/c9-7(10)5-2-1-3-6(4-5)8(11)12;1-3(2)4-5/h1-4H,(H,9,10)(H,11,12);3H,1-2H3. The normalized spacial score (nSPS) is 9.12. The first-order valence-electron chi connectivity index (χ1n) is 4.77. The van der Waals surface area contributed by atoms with E-state index in [1.165, 1.54) is 18.2 Å². The van der Waals surface area contributed by atoms with Gasteiger partial charge in [0.2, 0.25) is 0 Å². The number of carbonyl (C=O) groups is 2. The molecule has 0 aliphatic heterocycles. The lowest BCUT2D eigenvalue weighted by molar-refractivity contribution is 0.0696. The summed E-state index contributed by atoms with van der Waals surface area (Å²) >= 11 is 0. The Morgan fingerprint density at radius 2 is 1.47 bits per heavy atom. The average Bonchev–Trinajstić information content (AvgIpc) is 2.29. The summed E-state index contributed by atoms with van der Waals surface area (Å²) in [5.41, 5.74) is -0.0372. The number of carboxylic acid groups (broad SMARTS) is 2. The van der Waals surface area contributed by atoms with Gasteiger partial charge in [0.1, 0.15) is 0 Å². The fourth-order valence-corrected chi connectivity index (χ4v) is 0.785. The highest BCUT2D eigenvalue weighted by molar-refractivity contribution is 5.93. The number of hydrogen-bond acceptors (Lipinski definition) is 4. The van der Waals surface area contributed by atoms with E-state index in [0.717, 1.165) is 6.07 Å². The van der Waals surface area contributed by atoms with E-state index in [-0.39, 0.29) is 17.2 Å². The number of hydrogen-bond donors (Lipinski definition) is 2. The van der Waals surface area contributed by atoms with E-state index >= 15 is 0 Å². The number of carboxylic acids is 2. The highest BCUT2D eigenvalue weighted by Crippen LogP contribution is 2.04. The summed E-state index contributed by atoms with van der Waals surface area (Å²) in [6, 6.07) is 5.15. The molecule has 6 nitrogen and oxygen atoms in total. The molecule has 1 aromatic rings. The second-order valence-electron chi connectivity index (χ2n) is 3.39. The van der Waals surface area contributed by atoms with Crippen molar-refractivity contribution in [1.29, 1.82) is 0 Å². The molecular formula is C11H13NO5. The number of nitroso groups, excluding NO2 is 1. The van der Waals surface area contributed by atoms with Crippen LogP contribution in [0.3, 0.4) is 0 Å². The van der Waals surface area contributed by atoms with Gasteiger partial charge in [-0.25, -0.2) is 9.59 Å². The second kappa shape index (κ2) is 7.10. The Hall–Kier alpha value is -2.24. The topological polar surface area (TPSA) is 104 Å². The van der Waals surface area contributed by atoms with Crippen LogP contribution < -0.4 is 0 Å². The summed E-state index contributed by atoms with van der Waals surface area (Å²) in [6.45, 7) is 3.49. The van der Waals surface area contributed by atoms with E-state index in [1.54, 1.807) is 13.8 Å². The molecule has 0 amide bonds. The van der Waals surface area contributed by atoms with Gasteiger partial charge in [-0.2, -0.15) is 4.91 Å². The van der Waals surface area contributed by atoms with Gasteiger partial charge >= 0.3 is 11.9 Å². The monoisotopic (exact) mass is 239 g/mol. The number of benzene rings is 1. The van der Waals surface area contributed by atoms with Gasteiger partial charge < -0.3 is 10.2 Å². The summed E-state index contributed by atoms with van der Waals surface area (Å²) in [4.78, 5) is 30.0. The van der Waals surface area contributed by atoms with Crippen molar-refractivity contribution < 1.29 is 19.8 Å². The Balaban J connectivity index is 0.000000437. The molecule has 0 aliphatic carbocycles. The smallest absolute Gasteiger partial charge is 0.335 e. The molecule has 0 bridgehead atoms. The molecule has 0 fully saturated rings. The maximum Gasteiger partial charge on any atom is 0.335 e. The minimum absolute atomic E-state index is 0.0186. The Kier molecular flexibility index (Phi) is 6.17. The zero-order valence-corrected chi connectivity index (χ0v) is 9.45. The Morgan fingerprint density at radius 3 is 1.71 bits per heavy atom. The minimum Gasteiger partial charge on any atom is -0.478 e. The minimum atomic E-state index is -1.13. The lowest BCUT2D eigenvalue weighted by atomic mass is 10.1. The van der Waals surface area contributed by atoms with E-state index in [4.69, 9.17) is 10.2 Å². The van der Waals surface area contributed by atoms with Crippen molar-refractivity contribution in [2.24, 2.45) is 5.18 Å². The molecule has 0 radical (unpaired) electrons. The molecule has 0 heterocycles. The summed E-state index contributed by atoms with van der Waals surface area (Å²) in [5, 5.41) is 19.6.